The second-order valence-corrected chi connectivity index (χ2v) is 8.69. The molecule has 3 aromatic rings. The summed E-state index contributed by atoms with van der Waals surface area (Å²) < 4.78 is 0. The first-order valence-corrected chi connectivity index (χ1v) is 11.7. The van der Waals surface area contributed by atoms with Gasteiger partial charge in [0.25, 0.3) is 0 Å². The molecule has 0 amide bonds. The van der Waals surface area contributed by atoms with Crippen LogP contribution in [0.4, 0.5) is 0 Å². The van der Waals surface area contributed by atoms with E-state index in [0.717, 1.165) is 0 Å². The second-order valence-electron chi connectivity index (χ2n) is 8.69. The van der Waals surface area contributed by atoms with Gasteiger partial charge in [-0.05, 0) is 0 Å². The van der Waals surface area contributed by atoms with E-state index in [1.165, 1.54) is 18.2 Å². The maximum absolute atomic E-state index is 11.3. The molecule has 10 heteroatoms. The molecule has 0 aliphatic heterocycles. The number of fused-ring (bicyclic) bond motifs is 3. The summed E-state index contributed by atoms with van der Waals surface area (Å²) >= 11 is 0. The molecule has 3 aromatic carbocycles. The number of Topliss-reactive ketones (excluding diaryl/α,β-unsaturated/α-hetero) is 9. The van der Waals surface area contributed by atoms with Crippen LogP contribution >= 0.6 is 0 Å². The van der Waals surface area contributed by atoms with Crippen LogP contribution in [-0.4, -0.2) is 52.0 Å². The van der Waals surface area contributed by atoms with E-state index in [4.69, 9.17) is 0 Å². The van der Waals surface area contributed by atoms with Crippen molar-refractivity contribution < 1.29 is 59.9 Å². The number of rotatable bonds is 0. The largest absolute Gasteiger partial charge is 0.294 e. The van der Waals surface area contributed by atoms with Crippen LogP contribution < -0.4 is 0 Å². The molecule has 0 saturated carbocycles. The molecule has 0 heterocycles. The standard InChI is InChI=1S/3C10H6O3.Co/c3*11-8-5-9(12)10(13)7-4-2-1-3-6(7)8;/h3*1-4H,5H2;. The van der Waals surface area contributed by atoms with Gasteiger partial charge in [-0.15, -0.1) is 0 Å². The predicted molar refractivity (Wildman–Crippen MR) is 134 cm³/mol. The van der Waals surface area contributed by atoms with Gasteiger partial charge in [-0.25, -0.2) is 0 Å². The van der Waals surface area contributed by atoms with Crippen molar-refractivity contribution in [2.45, 2.75) is 19.3 Å². The van der Waals surface area contributed by atoms with E-state index >= 15 is 0 Å². The minimum Gasteiger partial charge on any atom is -0.294 e. The number of carbonyl (C=O) groups excluding carboxylic acids is 9. The quantitative estimate of drug-likeness (QED) is 0.288. The number of benzene rings is 3. The van der Waals surface area contributed by atoms with Crippen molar-refractivity contribution in [3.05, 3.63) is 106 Å². The molecule has 1 radical (unpaired) electrons. The van der Waals surface area contributed by atoms with Crippen LogP contribution in [0.5, 0.6) is 0 Å². The van der Waals surface area contributed by atoms with Crippen LogP contribution in [0.15, 0.2) is 72.8 Å². The van der Waals surface area contributed by atoms with E-state index in [1.54, 1.807) is 54.6 Å². The molecule has 0 unspecified atom stereocenters. The van der Waals surface area contributed by atoms with E-state index in [-0.39, 0.29) is 70.1 Å². The normalized spacial score (nSPS) is 15.4. The Morgan fingerprint density at radius 1 is 0.300 bits per heavy atom. The van der Waals surface area contributed by atoms with Gasteiger partial charge in [0.2, 0.25) is 34.7 Å². The summed E-state index contributed by atoms with van der Waals surface area (Å²) in [6.07, 6.45) is -0.846. The van der Waals surface area contributed by atoms with Crippen molar-refractivity contribution in [2.75, 3.05) is 0 Å². The van der Waals surface area contributed by atoms with Crippen LogP contribution in [0.2, 0.25) is 0 Å². The second kappa shape index (κ2) is 12.4. The topological polar surface area (TPSA) is 154 Å². The summed E-state index contributed by atoms with van der Waals surface area (Å²) in [6.45, 7) is 0. The summed E-state index contributed by atoms with van der Waals surface area (Å²) in [4.78, 5) is 101. The van der Waals surface area contributed by atoms with E-state index in [9.17, 15) is 43.2 Å². The summed E-state index contributed by atoms with van der Waals surface area (Å²) in [7, 11) is 0. The number of carbonyl (C=O) groups is 9. The van der Waals surface area contributed by atoms with Crippen LogP contribution in [0.25, 0.3) is 0 Å². The molecule has 0 atom stereocenters. The van der Waals surface area contributed by atoms with Crippen molar-refractivity contribution in [1.82, 2.24) is 0 Å². The minimum atomic E-state index is -0.608. The van der Waals surface area contributed by atoms with Crippen molar-refractivity contribution >= 4 is 52.0 Å². The zero-order valence-corrected chi connectivity index (χ0v) is 21.6. The molecule has 0 fully saturated rings. The summed E-state index contributed by atoms with van der Waals surface area (Å²) in [5.41, 5.74) is 1.82. The molecule has 0 spiro atoms. The molecular formula is C30H18CoO9. The van der Waals surface area contributed by atoms with E-state index < -0.39 is 34.7 Å². The van der Waals surface area contributed by atoms with Crippen LogP contribution in [0.3, 0.4) is 0 Å². The fourth-order valence-electron chi connectivity index (χ4n) is 4.19. The number of hydrogen-bond donors (Lipinski definition) is 0. The monoisotopic (exact) mass is 581 g/mol. The third kappa shape index (κ3) is 5.93. The molecule has 201 valence electrons. The maximum Gasteiger partial charge on any atom is 0.229 e. The summed E-state index contributed by atoms with van der Waals surface area (Å²) in [6, 6.07) is 19.2. The molecule has 9 nitrogen and oxygen atoms in total. The SMILES string of the molecule is O=C1CC(=O)c2ccccc2C1=O.O=C1CC(=O)c2ccccc2C1=O.O=C1CC(=O)c2ccccc2C1=O.[Co]. The first-order chi connectivity index (χ1) is 18.6. The Balaban J connectivity index is 0.000000163. The Bertz CT molecular complexity index is 1450. The minimum absolute atomic E-state index is 0. The molecule has 40 heavy (non-hydrogen) atoms. The van der Waals surface area contributed by atoms with Crippen molar-refractivity contribution in [3.8, 4) is 0 Å². The Morgan fingerprint density at radius 2 is 0.500 bits per heavy atom. The molecule has 0 bridgehead atoms. The van der Waals surface area contributed by atoms with E-state index in [2.05, 4.69) is 0 Å². The van der Waals surface area contributed by atoms with Gasteiger partial charge in [0.05, 0.1) is 19.3 Å². The van der Waals surface area contributed by atoms with Crippen molar-refractivity contribution in [2.24, 2.45) is 0 Å². The molecule has 0 N–H and O–H groups in total. The fourth-order valence-corrected chi connectivity index (χ4v) is 4.19. The van der Waals surface area contributed by atoms with Crippen LogP contribution in [0.1, 0.15) is 81.4 Å². The zero-order valence-electron chi connectivity index (χ0n) is 20.6. The smallest absolute Gasteiger partial charge is 0.229 e. The zero-order chi connectivity index (χ0) is 28.3. The Kier molecular flexibility index (Phi) is 9.20. The first-order valence-electron chi connectivity index (χ1n) is 11.7. The third-order valence-electron chi connectivity index (χ3n) is 6.14. The summed E-state index contributed by atoms with van der Waals surface area (Å²) in [5.74, 6) is -4.25. The fraction of sp³-hybridized carbons (Fsp3) is 0.100. The average molecular weight is 581 g/mol. The number of ketones is 9. The van der Waals surface area contributed by atoms with Gasteiger partial charge in [-0.3, -0.25) is 43.2 Å². The third-order valence-corrected chi connectivity index (χ3v) is 6.14. The van der Waals surface area contributed by atoms with Crippen molar-refractivity contribution in [3.63, 3.8) is 0 Å². The van der Waals surface area contributed by atoms with Gasteiger partial charge in [0, 0.05) is 50.2 Å². The molecule has 0 saturated heterocycles. The Hall–Kier alpha value is -4.80. The molecule has 3 aliphatic carbocycles. The maximum atomic E-state index is 11.3. The van der Waals surface area contributed by atoms with Crippen LogP contribution in [0, 0.1) is 0 Å². The Morgan fingerprint density at radius 3 is 0.725 bits per heavy atom. The van der Waals surface area contributed by atoms with Crippen LogP contribution in [-0.2, 0) is 31.2 Å². The summed E-state index contributed by atoms with van der Waals surface area (Å²) in [5, 5.41) is 0. The first kappa shape index (κ1) is 29.7. The molecule has 0 aromatic heterocycles. The predicted octanol–water partition coefficient (Wildman–Crippen LogP) is 3.07. The molecule has 3 aliphatic rings. The van der Waals surface area contributed by atoms with Gasteiger partial charge in [0.15, 0.2) is 17.3 Å². The Labute approximate surface area is 237 Å². The molecular weight excluding hydrogens is 563 g/mol. The average Bonchev–Trinajstić information content (AvgIpc) is 2.94. The number of hydrogen-bond acceptors (Lipinski definition) is 9. The van der Waals surface area contributed by atoms with E-state index in [1.807, 2.05) is 0 Å². The van der Waals surface area contributed by atoms with Crippen molar-refractivity contribution in [1.29, 1.82) is 0 Å². The van der Waals surface area contributed by atoms with Gasteiger partial charge in [-0.1, -0.05) is 72.8 Å². The van der Waals surface area contributed by atoms with Gasteiger partial charge < -0.3 is 0 Å². The van der Waals surface area contributed by atoms with Gasteiger partial charge in [0.1, 0.15) is 0 Å². The molecule has 6 rings (SSSR count). The van der Waals surface area contributed by atoms with E-state index in [0.29, 0.717) is 16.7 Å². The van der Waals surface area contributed by atoms with Gasteiger partial charge >= 0.3 is 0 Å². The van der Waals surface area contributed by atoms with Gasteiger partial charge in [-0.2, -0.15) is 0 Å².